The zero-order valence-electron chi connectivity index (χ0n) is 13.6. The smallest absolute Gasteiger partial charge is 0.251 e. The van der Waals surface area contributed by atoms with E-state index in [0.29, 0.717) is 19.6 Å². The highest BCUT2D eigenvalue weighted by Crippen LogP contribution is 2.25. The van der Waals surface area contributed by atoms with Crippen molar-refractivity contribution in [2.24, 2.45) is 0 Å². The van der Waals surface area contributed by atoms with E-state index < -0.39 is 5.60 Å². The number of aromatic nitrogens is 2. The molecular weight excluding hydrogens is 278 g/mol. The molecule has 1 aromatic rings. The van der Waals surface area contributed by atoms with Crippen LogP contribution in [-0.4, -0.2) is 34.6 Å². The number of amides is 1. The zero-order chi connectivity index (χ0) is 15.6. The van der Waals surface area contributed by atoms with E-state index in [-0.39, 0.29) is 5.91 Å². The molecule has 3 rings (SSSR count). The van der Waals surface area contributed by atoms with Gasteiger partial charge in [0.15, 0.2) is 0 Å². The van der Waals surface area contributed by atoms with E-state index >= 15 is 0 Å². The Bertz CT molecular complexity index is 565. The second-order valence-corrected chi connectivity index (χ2v) is 6.55. The molecule has 2 heterocycles. The molecular formula is C17H25N3O2. The molecule has 1 aliphatic carbocycles. The Labute approximate surface area is 131 Å². The van der Waals surface area contributed by atoms with Crippen molar-refractivity contribution in [3.05, 3.63) is 22.8 Å². The van der Waals surface area contributed by atoms with Crippen LogP contribution in [0.4, 0.5) is 0 Å². The number of carbonyl (C=O) groups excluding carboxylic acids is 1. The molecule has 0 saturated carbocycles. The van der Waals surface area contributed by atoms with E-state index in [4.69, 9.17) is 9.72 Å². The summed E-state index contributed by atoms with van der Waals surface area (Å²) in [5.74, 6) is 0.829. The third-order valence-electron chi connectivity index (χ3n) is 4.77. The maximum atomic E-state index is 12.2. The average Bonchev–Trinajstić information content (AvgIpc) is 2.95. The highest BCUT2D eigenvalue weighted by molar-refractivity contribution is 5.84. The third kappa shape index (κ3) is 3.14. The van der Waals surface area contributed by atoms with Crippen LogP contribution < -0.4 is 5.32 Å². The van der Waals surface area contributed by atoms with Crippen molar-refractivity contribution in [1.82, 2.24) is 15.3 Å². The number of fused-ring (bicyclic) bond motifs is 1. The van der Waals surface area contributed by atoms with Crippen LogP contribution in [0.15, 0.2) is 0 Å². The first-order chi connectivity index (χ1) is 10.6. The fourth-order valence-corrected chi connectivity index (χ4v) is 3.39. The second-order valence-electron chi connectivity index (χ2n) is 6.55. The molecule has 1 N–H and O–H groups in total. The Hall–Kier alpha value is -1.49. The van der Waals surface area contributed by atoms with Gasteiger partial charge in [-0.3, -0.25) is 4.79 Å². The minimum Gasteiger partial charge on any atom is -0.365 e. The van der Waals surface area contributed by atoms with Gasteiger partial charge in [0.1, 0.15) is 11.4 Å². The van der Waals surface area contributed by atoms with Crippen LogP contribution in [0.25, 0.3) is 0 Å². The summed E-state index contributed by atoms with van der Waals surface area (Å²) >= 11 is 0. The maximum Gasteiger partial charge on any atom is 0.251 e. The molecule has 2 aliphatic rings. The number of ether oxygens (including phenoxy) is 1. The van der Waals surface area contributed by atoms with Crippen molar-refractivity contribution < 1.29 is 9.53 Å². The molecule has 1 aliphatic heterocycles. The van der Waals surface area contributed by atoms with Crippen molar-refractivity contribution >= 4 is 5.91 Å². The first-order valence-electron chi connectivity index (χ1n) is 8.36. The largest absolute Gasteiger partial charge is 0.365 e. The van der Waals surface area contributed by atoms with Gasteiger partial charge >= 0.3 is 0 Å². The monoisotopic (exact) mass is 303 g/mol. The van der Waals surface area contributed by atoms with Crippen LogP contribution in [-0.2, 0) is 28.8 Å². The number of nitrogens with zero attached hydrogens (tertiary/aromatic N) is 2. The molecule has 0 spiro atoms. The lowest BCUT2D eigenvalue weighted by Gasteiger charge is -2.22. The highest BCUT2D eigenvalue weighted by atomic mass is 16.5. The number of aryl methyl sites for hydroxylation is 2. The lowest BCUT2D eigenvalue weighted by Crippen LogP contribution is -2.44. The Morgan fingerprint density at radius 3 is 2.86 bits per heavy atom. The zero-order valence-corrected chi connectivity index (χ0v) is 13.6. The molecule has 22 heavy (non-hydrogen) atoms. The Morgan fingerprint density at radius 1 is 1.27 bits per heavy atom. The lowest BCUT2D eigenvalue weighted by atomic mass is 9.95. The summed E-state index contributed by atoms with van der Waals surface area (Å²) < 4.78 is 5.56. The molecule has 0 aromatic carbocycles. The molecule has 5 heteroatoms. The van der Waals surface area contributed by atoms with Gasteiger partial charge < -0.3 is 10.1 Å². The summed E-state index contributed by atoms with van der Waals surface area (Å²) in [6.45, 7) is 5.18. The molecule has 0 radical (unpaired) electrons. The predicted molar refractivity (Wildman–Crippen MR) is 83.7 cm³/mol. The van der Waals surface area contributed by atoms with Crippen LogP contribution in [0, 0.1) is 6.92 Å². The van der Waals surface area contributed by atoms with Gasteiger partial charge in [0.25, 0.3) is 5.91 Å². The molecule has 0 bridgehead atoms. The normalized spacial score (nSPS) is 24.1. The van der Waals surface area contributed by atoms with Crippen molar-refractivity contribution in [3.63, 3.8) is 0 Å². The highest BCUT2D eigenvalue weighted by Gasteiger charge is 2.37. The van der Waals surface area contributed by atoms with E-state index in [1.807, 2.05) is 6.92 Å². The number of nitrogens with one attached hydrogen (secondary N) is 1. The summed E-state index contributed by atoms with van der Waals surface area (Å²) in [5.41, 5.74) is 3.02. The van der Waals surface area contributed by atoms with Crippen molar-refractivity contribution in [3.8, 4) is 0 Å². The molecule has 1 fully saturated rings. The molecule has 0 unspecified atom stereocenters. The standard InChI is InChI=1S/C17H25N3O2/c1-12-13-6-3-4-7-14(13)20-15(19-12)8-10-18-16(21)17(2)9-5-11-22-17/h3-11H2,1-2H3,(H,18,21)/t17-/m1/s1. The minimum absolute atomic E-state index is 0.0142. The topological polar surface area (TPSA) is 64.1 Å². The van der Waals surface area contributed by atoms with Crippen LogP contribution in [0.3, 0.4) is 0 Å². The van der Waals surface area contributed by atoms with Gasteiger partial charge in [-0.25, -0.2) is 9.97 Å². The first-order valence-corrected chi connectivity index (χ1v) is 8.36. The van der Waals surface area contributed by atoms with E-state index in [2.05, 4.69) is 17.2 Å². The van der Waals surface area contributed by atoms with E-state index in [1.54, 1.807) is 0 Å². The van der Waals surface area contributed by atoms with E-state index in [0.717, 1.165) is 37.2 Å². The van der Waals surface area contributed by atoms with Gasteiger partial charge in [0.2, 0.25) is 0 Å². The number of rotatable bonds is 4. The van der Waals surface area contributed by atoms with Gasteiger partial charge in [0, 0.05) is 31.0 Å². The number of hydrogen-bond donors (Lipinski definition) is 1. The van der Waals surface area contributed by atoms with Crippen LogP contribution in [0.1, 0.15) is 55.4 Å². The number of carbonyl (C=O) groups is 1. The van der Waals surface area contributed by atoms with Gasteiger partial charge in [-0.1, -0.05) is 0 Å². The Balaban J connectivity index is 1.58. The predicted octanol–water partition coefficient (Wildman–Crippen LogP) is 1.89. The molecule has 5 nitrogen and oxygen atoms in total. The first kappa shape index (κ1) is 15.4. The summed E-state index contributed by atoms with van der Waals surface area (Å²) in [5, 5.41) is 2.97. The molecule has 1 amide bonds. The summed E-state index contributed by atoms with van der Waals surface area (Å²) in [6.07, 6.45) is 7.05. The third-order valence-corrected chi connectivity index (χ3v) is 4.77. The minimum atomic E-state index is -0.646. The van der Waals surface area contributed by atoms with Crippen molar-refractivity contribution in [2.45, 2.75) is 64.4 Å². The second kappa shape index (κ2) is 6.32. The summed E-state index contributed by atoms with van der Waals surface area (Å²) in [4.78, 5) is 21.5. The Kier molecular flexibility index (Phi) is 4.43. The van der Waals surface area contributed by atoms with Crippen LogP contribution in [0.5, 0.6) is 0 Å². The summed E-state index contributed by atoms with van der Waals surface area (Å²) in [7, 11) is 0. The van der Waals surface area contributed by atoms with E-state index in [9.17, 15) is 4.79 Å². The van der Waals surface area contributed by atoms with Gasteiger partial charge in [-0.2, -0.15) is 0 Å². The molecule has 1 aromatic heterocycles. The lowest BCUT2D eigenvalue weighted by molar-refractivity contribution is -0.139. The number of hydrogen-bond acceptors (Lipinski definition) is 4. The van der Waals surface area contributed by atoms with Crippen molar-refractivity contribution in [2.75, 3.05) is 13.2 Å². The van der Waals surface area contributed by atoms with Crippen LogP contribution in [0.2, 0.25) is 0 Å². The van der Waals surface area contributed by atoms with E-state index in [1.165, 1.54) is 24.1 Å². The Morgan fingerprint density at radius 2 is 2.09 bits per heavy atom. The SMILES string of the molecule is Cc1nc(CCNC(=O)[C@@]2(C)CCCO2)nc2c1CCCC2. The fraction of sp³-hybridized carbons (Fsp3) is 0.706. The quantitative estimate of drug-likeness (QED) is 0.922. The molecule has 1 atom stereocenters. The fourth-order valence-electron chi connectivity index (χ4n) is 3.39. The van der Waals surface area contributed by atoms with Gasteiger partial charge in [-0.05, 0) is 57.9 Å². The molecule has 120 valence electrons. The molecule has 1 saturated heterocycles. The summed E-state index contributed by atoms with van der Waals surface area (Å²) in [6, 6.07) is 0. The van der Waals surface area contributed by atoms with Gasteiger partial charge in [0.05, 0.1) is 0 Å². The van der Waals surface area contributed by atoms with Gasteiger partial charge in [-0.15, -0.1) is 0 Å². The average molecular weight is 303 g/mol. The van der Waals surface area contributed by atoms with Crippen LogP contribution >= 0.6 is 0 Å². The maximum absolute atomic E-state index is 12.2. The van der Waals surface area contributed by atoms with Crippen molar-refractivity contribution in [1.29, 1.82) is 0 Å².